The van der Waals surface area contributed by atoms with Crippen molar-refractivity contribution in [1.82, 2.24) is 10.2 Å². The molecule has 1 aromatic carbocycles. The van der Waals surface area contributed by atoms with Crippen LogP contribution in [0.2, 0.25) is 0 Å². The second kappa shape index (κ2) is 9.32. The summed E-state index contributed by atoms with van der Waals surface area (Å²) in [5.74, 6) is 1.28. The van der Waals surface area contributed by atoms with Crippen LogP contribution >= 0.6 is 23.5 Å². The first kappa shape index (κ1) is 19.1. The fraction of sp³-hybridized carbons (Fsp3) is 0.529. The van der Waals surface area contributed by atoms with E-state index in [4.69, 9.17) is 0 Å². The average molecular weight is 371 g/mol. The Morgan fingerprint density at radius 3 is 2.92 bits per heavy atom. The molecule has 2 amide bonds. The number of halogens is 1. The molecule has 0 spiro atoms. The van der Waals surface area contributed by atoms with E-state index in [9.17, 15) is 14.0 Å². The maximum atomic E-state index is 13.6. The van der Waals surface area contributed by atoms with Crippen LogP contribution in [0.15, 0.2) is 29.2 Å². The minimum Gasteiger partial charge on any atom is -0.352 e. The number of benzene rings is 1. The van der Waals surface area contributed by atoms with Crippen molar-refractivity contribution >= 4 is 35.3 Å². The lowest BCUT2D eigenvalue weighted by molar-refractivity contribution is -0.138. The van der Waals surface area contributed by atoms with Crippen LogP contribution in [-0.2, 0) is 9.59 Å². The van der Waals surface area contributed by atoms with Gasteiger partial charge in [0.05, 0.1) is 5.88 Å². The summed E-state index contributed by atoms with van der Waals surface area (Å²) in [6, 6.07) is 6.26. The van der Waals surface area contributed by atoms with Crippen LogP contribution in [0, 0.1) is 5.82 Å². The minimum absolute atomic E-state index is 0.0480. The van der Waals surface area contributed by atoms with Gasteiger partial charge in [0.1, 0.15) is 11.9 Å². The number of hydrogen-bond acceptors (Lipinski definition) is 4. The Labute approximate surface area is 150 Å². The van der Waals surface area contributed by atoms with Crippen molar-refractivity contribution in [1.29, 1.82) is 0 Å². The Morgan fingerprint density at radius 1 is 1.46 bits per heavy atom. The first-order valence-corrected chi connectivity index (χ1v) is 10.2. The van der Waals surface area contributed by atoms with Crippen molar-refractivity contribution in [2.45, 2.75) is 43.7 Å². The normalized spacial score (nSPS) is 18.5. The van der Waals surface area contributed by atoms with Gasteiger partial charge in [0.25, 0.3) is 0 Å². The summed E-state index contributed by atoms with van der Waals surface area (Å²) in [6.45, 7) is 3.97. The maximum absolute atomic E-state index is 13.6. The standard InChI is InChI=1S/C17H23FN2O2S2/c1-3-12(2)19-17(22)14-10-23-11-20(14)16(21)8-9-24-15-7-5-4-6-13(15)18/h4-7,12,14H,3,8-11H2,1-2H3,(H,19,22). The largest absolute Gasteiger partial charge is 0.352 e. The van der Waals surface area contributed by atoms with Crippen LogP contribution < -0.4 is 5.32 Å². The van der Waals surface area contributed by atoms with Crippen LogP contribution in [0.5, 0.6) is 0 Å². The number of thioether (sulfide) groups is 2. The molecule has 132 valence electrons. The Hall–Kier alpha value is -1.21. The number of carbonyl (C=O) groups excluding carboxylic acids is 2. The van der Waals surface area contributed by atoms with Gasteiger partial charge in [0.2, 0.25) is 11.8 Å². The lowest BCUT2D eigenvalue weighted by Crippen LogP contribution is -2.49. The summed E-state index contributed by atoms with van der Waals surface area (Å²) in [4.78, 5) is 26.9. The van der Waals surface area contributed by atoms with Crippen LogP contribution in [0.3, 0.4) is 0 Å². The highest BCUT2D eigenvalue weighted by Crippen LogP contribution is 2.25. The van der Waals surface area contributed by atoms with Crippen molar-refractivity contribution in [3.05, 3.63) is 30.1 Å². The molecule has 0 bridgehead atoms. The molecule has 2 atom stereocenters. The third-order valence-electron chi connectivity index (χ3n) is 3.92. The summed E-state index contributed by atoms with van der Waals surface area (Å²) < 4.78 is 13.6. The lowest BCUT2D eigenvalue weighted by Gasteiger charge is -2.24. The Bertz CT molecular complexity index is 585. The molecule has 1 aliphatic rings. The lowest BCUT2D eigenvalue weighted by atomic mass is 10.2. The molecule has 0 radical (unpaired) electrons. The number of nitrogens with one attached hydrogen (secondary N) is 1. The van der Waals surface area contributed by atoms with Crippen molar-refractivity contribution in [2.24, 2.45) is 0 Å². The summed E-state index contributed by atoms with van der Waals surface area (Å²) in [7, 11) is 0. The molecule has 1 aromatic rings. The van der Waals surface area contributed by atoms with E-state index in [1.807, 2.05) is 13.8 Å². The molecule has 1 saturated heterocycles. The second-order valence-corrected chi connectivity index (χ2v) is 7.86. The van der Waals surface area contributed by atoms with Crippen LogP contribution in [0.1, 0.15) is 26.7 Å². The first-order chi connectivity index (χ1) is 11.5. The van der Waals surface area contributed by atoms with Gasteiger partial charge in [-0.15, -0.1) is 23.5 Å². The number of hydrogen-bond donors (Lipinski definition) is 1. The van der Waals surface area contributed by atoms with Gasteiger partial charge in [-0.1, -0.05) is 19.1 Å². The van der Waals surface area contributed by atoms with Gasteiger partial charge < -0.3 is 10.2 Å². The van der Waals surface area contributed by atoms with E-state index in [0.717, 1.165) is 6.42 Å². The fourth-order valence-electron chi connectivity index (χ4n) is 2.30. The third-order valence-corrected chi connectivity index (χ3v) is 5.98. The summed E-state index contributed by atoms with van der Waals surface area (Å²) in [5.41, 5.74) is 0. The van der Waals surface area contributed by atoms with E-state index in [-0.39, 0.29) is 23.7 Å². The van der Waals surface area contributed by atoms with Gasteiger partial charge in [-0.2, -0.15) is 0 Å². The van der Waals surface area contributed by atoms with E-state index in [0.29, 0.717) is 28.7 Å². The summed E-state index contributed by atoms with van der Waals surface area (Å²) >= 11 is 2.92. The molecule has 1 N–H and O–H groups in total. The number of amides is 2. The molecule has 1 aliphatic heterocycles. The monoisotopic (exact) mass is 370 g/mol. The third kappa shape index (κ3) is 5.14. The smallest absolute Gasteiger partial charge is 0.243 e. The minimum atomic E-state index is -0.394. The molecular formula is C17H23FN2O2S2. The molecule has 4 nitrogen and oxygen atoms in total. The SMILES string of the molecule is CCC(C)NC(=O)C1CSCN1C(=O)CCSc1ccccc1F. The van der Waals surface area contributed by atoms with Gasteiger partial charge in [-0.3, -0.25) is 9.59 Å². The highest BCUT2D eigenvalue weighted by atomic mass is 32.2. The zero-order chi connectivity index (χ0) is 17.5. The molecule has 1 heterocycles. The molecule has 0 aromatic heterocycles. The Morgan fingerprint density at radius 2 is 2.21 bits per heavy atom. The van der Waals surface area contributed by atoms with Gasteiger partial charge in [0.15, 0.2) is 0 Å². The second-order valence-electron chi connectivity index (χ2n) is 5.73. The molecule has 0 saturated carbocycles. The van der Waals surface area contributed by atoms with Gasteiger partial charge in [-0.05, 0) is 25.5 Å². The van der Waals surface area contributed by atoms with Gasteiger partial charge in [0, 0.05) is 28.9 Å². The zero-order valence-electron chi connectivity index (χ0n) is 14.0. The Kier molecular flexibility index (Phi) is 7.42. The van der Waals surface area contributed by atoms with Gasteiger partial charge in [-0.25, -0.2) is 4.39 Å². The van der Waals surface area contributed by atoms with Crippen molar-refractivity contribution in [2.75, 3.05) is 17.4 Å². The van der Waals surface area contributed by atoms with E-state index in [1.54, 1.807) is 34.9 Å². The Balaban J connectivity index is 1.84. The molecule has 24 heavy (non-hydrogen) atoms. The first-order valence-electron chi connectivity index (χ1n) is 8.07. The molecule has 2 rings (SSSR count). The quantitative estimate of drug-likeness (QED) is 0.749. The predicted molar refractivity (Wildman–Crippen MR) is 97.6 cm³/mol. The highest BCUT2D eigenvalue weighted by Gasteiger charge is 2.34. The molecule has 2 unspecified atom stereocenters. The van der Waals surface area contributed by atoms with E-state index >= 15 is 0 Å². The molecule has 1 fully saturated rings. The molecule has 7 heteroatoms. The van der Waals surface area contributed by atoms with Crippen LogP contribution in [-0.4, -0.2) is 46.2 Å². The van der Waals surface area contributed by atoms with Crippen molar-refractivity contribution in [3.63, 3.8) is 0 Å². The predicted octanol–water partition coefficient (Wildman–Crippen LogP) is 3.12. The van der Waals surface area contributed by atoms with Crippen LogP contribution in [0.25, 0.3) is 0 Å². The zero-order valence-corrected chi connectivity index (χ0v) is 15.6. The topological polar surface area (TPSA) is 49.4 Å². The van der Waals surface area contributed by atoms with Crippen molar-refractivity contribution < 1.29 is 14.0 Å². The average Bonchev–Trinajstić information content (AvgIpc) is 3.06. The summed E-state index contributed by atoms with van der Waals surface area (Å²) in [6.07, 6.45) is 1.16. The van der Waals surface area contributed by atoms with E-state index in [2.05, 4.69) is 5.32 Å². The van der Waals surface area contributed by atoms with E-state index in [1.165, 1.54) is 17.8 Å². The highest BCUT2D eigenvalue weighted by molar-refractivity contribution is 7.99. The van der Waals surface area contributed by atoms with Crippen molar-refractivity contribution in [3.8, 4) is 0 Å². The maximum Gasteiger partial charge on any atom is 0.243 e. The molecular weight excluding hydrogens is 347 g/mol. The van der Waals surface area contributed by atoms with Crippen LogP contribution in [0.4, 0.5) is 4.39 Å². The summed E-state index contributed by atoms with van der Waals surface area (Å²) in [5, 5.41) is 2.94. The molecule has 0 aliphatic carbocycles. The number of rotatable bonds is 7. The van der Waals surface area contributed by atoms with E-state index < -0.39 is 6.04 Å². The number of carbonyl (C=O) groups is 2. The van der Waals surface area contributed by atoms with Gasteiger partial charge >= 0.3 is 0 Å². The fourth-order valence-corrected chi connectivity index (χ4v) is 4.36. The number of nitrogens with zero attached hydrogens (tertiary/aromatic N) is 1.